The third-order valence-corrected chi connectivity index (χ3v) is 2.44. The van der Waals surface area contributed by atoms with Gasteiger partial charge in [-0.25, -0.2) is 13.7 Å². The van der Waals surface area contributed by atoms with Crippen molar-refractivity contribution in [2.24, 2.45) is 0 Å². The summed E-state index contributed by atoms with van der Waals surface area (Å²) >= 11 is 0. The molecule has 16 heavy (non-hydrogen) atoms. The molecule has 1 aromatic carbocycles. The van der Waals surface area contributed by atoms with Crippen LogP contribution in [-0.2, 0) is 9.59 Å². The van der Waals surface area contributed by atoms with E-state index in [0.717, 1.165) is 12.1 Å². The molecule has 1 aliphatic heterocycles. The van der Waals surface area contributed by atoms with Gasteiger partial charge in [-0.05, 0) is 18.6 Å². The van der Waals surface area contributed by atoms with Gasteiger partial charge in [0.1, 0.15) is 17.3 Å². The van der Waals surface area contributed by atoms with Crippen LogP contribution < -0.4 is 4.90 Å². The molecule has 5 heteroatoms. The molecule has 0 aromatic heterocycles. The van der Waals surface area contributed by atoms with Crippen LogP contribution in [0.15, 0.2) is 18.2 Å². The Bertz CT molecular complexity index is 423. The number of benzene rings is 1. The molecule has 0 saturated carbocycles. The molecule has 0 unspecified atom stereocenters. The van der Waals surface area contributed by atoms with E-state index in [4.69, 9.17) is 0 Å². The van der Waals surface area contributed by atoms with Crippen LogP contribution in [0.1, 0.15) is 19.3 Å². The van der Waals surface area contributed by atoms with E-state index in [0.29, 0.717) is 11.3 Å². The van der Waals surface area contributed by atoms with Crippen LogP contribution in [0.25, 0.3) is 0 Å². The largest absolute Gasteiger partial charge is 0.274 e. The lowest BCUT2D eigenvalue weighted by Gasteiger charge is -2.25. The summed E-state index contributed by atoms with van der Waals surface area (Å²) in [5, 5.41) is 0. The molecule has 1 fully saturated rings. The average molecular weight is 225 g/mol. The van der Waals surface area contributed by atoms with Gasteiger partial charge in [-0.15, -0.1) is 0 Å². The summed E-state index contributed by atoms with van der Waals surface area (Å²) in [6.45, 7) is 0. The fourth-order valence-corrected chi connectivity index (χ4v) is 1.71. The first-order valence-electron chi connectivity index (χ1n) is 4.91. The fraction of sp³-hybridized carbons (Fsp3) is 0.273. The van der Waals surface area contributed by atoms with Crippen molar-refractivity contribution < 1.29 is 18.4 Å². The molecular formula is C11H9F2NO2. The summed E-state index contributed by atoms with van der Waals surface area (Å²) in [4.78, 5) is 23.6. The fourth-order valence-electron chi connectivity index (χ4n) is 1.71. The van der Waals surface area contributed by atoms with Gasteiger partial charge < -0.3 is 0 Å². The van der Waals surface area contributed by atoms with Gasteiger partial charge in [0.25, 0.3) is 0 Å². The van der Waals surface area contributed by atoms with Gasteiger partial charge in [0.15, 0.2) is 0 Å². The number of hydrogen-bond acceptors (Lipinski definition) is 2. The highest BCUT2D eigenvalue weighted by molar-refractivity contribution is 6.16. The molecule has 0 bridgehead atoms. The summed E-state index contributed by atoms with van der Waals surface area (Å²) in [6, 6.07) is 3.23. The van der Waals surface area contributed by atoms with E-state index in [2.05, 4.69) is 0 Å². The molecule has 0 N–H and O–H groups in total. The van der Waals surface area contributed by atoms with Crippen LogP contribution in [0.4, 0.5) is 14.5 Å². The summed E-state index contributed by atoms with van der Waals surface area (Å²) in [5.41, 5.74) is -0.558. The minimum Gasteiger partial charge on any atom is -0.274 e. The molecule has 0 spiro atoms. The predicted molar refractivity (Wildman–Crippen MR) is 52.7 cm³/mol. The number of amides is 2. The lowest BCUT2D eigenvalue weighted by Crippen LogP contribution is -2.41. The van der Waals surface area contributed by atoms with Crippen molar-refractivity contribution in [1.29, 1.82) is 0 Å². The van der Waals surface area contributed by atoms with Crippen LogP contribution in [0, 0.1) is 11.6 Å². The van der Waals surface area contributed by atoms with Crippen molar-refractivity contribution in [2.45, 2.75) is 19.3 Å². The van der Waals surface area contributed by atoms with Crippen molar-refractivity contribution in [3.05, 3.63) is 29.8 Å². The van der Waals surface area contributed by atoms with Gasteiger partial charge in [-0.2, -0.15) is 0 Å². The van der Waals surface area contributed by atoms with Gasteiger partial charge in [0, 0.05) is 12.8 Å². The SMILES string of the molecule is O=C1CCCC(=O)N1c1c(F)cccc1F. The van der Waals surface area contributed by atoms with Crippen LogP contribution >= 0.6 is 0 Å². The number of para-hydroxylation sites is 1. The van der Waals surface area contributed by atoms with E-state index in [-0.39, 0.29) is 12.8 Å². The van der Waals surface area contributed by atoms with Crippen LogP contribution in [0.3, 0.4) is 0 Å². The van der Waals surface area contributed by atoms with Crippen LogP contribution in [0.2, 0.25) is 0 Å². The zero-order valence-corrected chi connectivity index (χ0v) is 8.37. The molecular weight excluding hydrogens is 216 g/mol. The predicted octanol–water partition coefficient (Wildman–Crippen LogP) is 2.01. The Morgan fingerprint density at radius 2 is 1.50 bits per heavy atom. The van der Waals surface area contributed by atoms with Gasteiger partial charge in [-0.1, -0.05) is 6.07 Å². The van der Waals surface area contributed by atoms with Crippen LogP contribution in [-0.4, -0.2) is 11.8 Å². The highest BCUT2D eigenvalue weighted by Gasteiger charge is 2.31. The number of anilines is 1. The van der Waals surface area contributed by atoms with Crippen molar-refractivity contribution in [3.8, 4) is 0 Å². The monoisotopic (exact) mass is 225 g/mol. The van der Waals surface area contributed by atoms with E-state index in [1.54, 1.807) is 0 Å². The lowest BCUT2D eigenvalue weighted by atomic mass is 10.1. The normalized spacial score (nSPS) is 16.8. The van der Waals surface area contributed by atoms with E-state index < -0.39 is 29.1 Å². The van der Waals surface area contributed by atoms with Gasteiger partial charge in [0.2, 0.25) is 11.8 Å². The Morgan fingerprint density at radius 3 is 2.00 bits per heavy atom. The minimum atomic E-state index is -0.899. The smallest absolute Gasteiger partial charge is 0.233 e. The number of carbonyl (C=O) groups excluding carboxylic acids is 2. The molecule has 1 aliphatic rings. The molecule has 3 nitrogen and oxygen atoms in total. The number of hydrogen-bond donors (Lipinski definition) is 0. The quantitative estimate of drug-likeness (QED) is 0.685. The highest BCUT2D eigenvalue weighted by Crippen LogP contribution is 2.27. The van der Waals surface area contributed by atoms with Crippen molar-refractivity contribution >= 4 is 17.5 Å². The number of carbonyl (C=O) groups is 2. The summed E-state index contributed by atoms with van der Waals surface area (Å²) in [7, 11) is 0. The number of piperidine rings is 1. The molecule has 1 aromatic rings. The maximum Gasteiger partial charge on any atom is 0.233 e. The molecule has 2 rings (SSSR count). The Labute approximate surface area is 90.7 Å². The van der Waals surface area contributed by atoms with Crippen molar-refractivity contribution in [1.82, 2.24) is 0 Å². The first-order valence-corrected chi connectivity index (χ1v) is 4.91. The summed E-state index contributed by atoms with van der Waals surface area (Å²) in [5.74, 6) is -2.91. The van der Waals surface area contributed by atoms with E-state index in [1.165, 1.54) is 6.07 Å². The molecule has 1 heterocycles. The average Bonchev–Trinajstić information content (AvgIpc) is 2.21. The highest BCUT2D eigenvalue weighted by atomic mass is 19.1. The molecule has 2 amide bonds. The van der Waals surface area contributed by atoms with Gasteiger partial charge >= 0.3 is 0 Å². The summed E-state index contributed by atoms with van der Waals surface area (Å²) < 4.78 is 26.8. The molecule has 1 saturated heterocycles. The topological polar surface area (TPSA) is 37.4 Å². The number of rotatable bonds is 1. The molecule has 84 valence electrons. The Balaban J connectivity index is 2.49. The standard InChI is InChI=1S/C11H9F2NO2/c12-7-3-1-4-8(13)11(7)14-9(15)5-2-6-10(14)16/h1,3-4H,2,5-6H2. The third-order valence-electron chi connectivity index (χ3n) is 2.44. The third kappa shape index (κ3) is 1.68. The number of imide groups is 1. The molecule has 0 radical (unpaired) electrons. The van der Waals surface area contributed by atoms with Crippen molar-refractivity contribution in [2.75, 3.05) is 4.90 Å². The minimum absolute atomic E-state index is 0.138. The lowest BCUT2D eigenvalue weighted by molar-refractivity contribution is -0.129. The zero-order chi connectivity index (χ0) is 11.7. The second-order valence-corrected chi connectivity index (χ2v) is 3.55. The van der Waals surface area contributed by atoms with E-state index in [1.807, 2.05) is 0 Å². The van der Waals surface area contributed by atoms with E-state index >= 15 is 0 Å². The Kier molecular flexibility index (Phi) is 2.68. The first-order chi connectivity index (χ1) is 7.61. The molecule has 0 atom stereocenters. The van der Waals surface area contributed by atoms with Crippen LogP contribution in [0.5, 0.6) is 0 Å². The maximum absolute atomic E-state index is 13.4. The maximum atomic E-state index is 13.4. The second-order valence-electron chi connectivity index (χ2n) is 3.55. The Morgan fingerprint density at radius 1 is 1.00 bits per heavy atom. The summed E-state index contributed by atoms with van der Waals surface area (Å²) in [6.07, 6.45) is 0.712. The molecule has 0 aliphatic carbocycles. The van der Waals surface area contributed by atoms with Gasteiger partial charge in [-0.3, -0.25) is 9.59 Å². The van der Waals surface area contributed by atoms with E-state index in [9.17, 15) is 18.4 Å². The van der Waals surface area contributed by atoms with Crippen molar-refractivity contribution in [3.63, 3.8) is 0 Å². The van der Waals surface area contributed by atoms with Gasteiger partial charge in [0.05, 0.1) is 0 Å². The zero-order valence-electron chi connectivity index (χ0n) is 8.37. The Hall–Kier alpha value is -1.78. The number of halogens is 2. The second kappa shape index (κ2) is 4.00. The first kappa shape index (κ1) is 10.7. The number of nitrogens with zero attached hydrogens (tertiary/aromatic N) is 1.